The van der Waals surface area contributed by atoms with Gasteiger partial charge in [-0.05, 0) is 88.5 Å². The van der Waals surface area contributed by atoms with Gasteiger partial charge in [0.1, 0.15) is 24.3 Å². The summed E-state index contributed by atoms with van der Waals surface area (Å²) < 4.78 is 19.7. The predicted octanol–water partition coefficient (Wildman–Crippen LogP) is 5.33. The largest absolute Gasteiger partial charge is 0.457 e. The molecule has 2 aliphatic heterocycles. The molecule has 3 atom stereocenters. The van der Waals surface area contributed by atoms with Crippen molar-refractivity contribution in [3.63, 3.8) is 0 Å². The second-order valence-corrected chi connectivity index (χ2v) is 19.0. The van der Waals surface area contributed by atoms with Crippen molar-refractivity contribution in [2.45, 2.75) is 136 Å². The van der Waals surface area contributed by atoms with Crippen LogP contribution in [0.2, 0.25) is 0 Å². The fourth-order valence-electron chi connectivity index (χ4n) is 8.79. The van der Waals surface area contributed by atoms with Gasteiger partial charge in [0.25, 0.3) is 5.56 Å². The molecule has 1 aliphatic carbocycles. The molecule has 18 heteroatoms. The number of esters is 2. The second kappa shape index (κ2) is 19.1. The molecule has 0 spiro atoms. The zero-order chi connectivity index (χ0) is 45.9. The van der Waals surface area contributed by atoms with Gasteiger partial charge in [-0.25, -0.2) is 19.4 Å². The van der Waals surface area contributed by atoms with E-state index in [1.165, 1.54) is 0 Å². The summed E-state index contributed by atoms with van der Waals surface area (Å²) >= 11 is 3.59. The van der Waals surface area contributed by atoms with Gasteiger partial charge in [0, 0.05) is 34.1 Å². The highest BCUT2D eigenvalue weighted by Crippen LogP contribution is 2.44. The second-order valence-electron chi connectivity index (χ2n) is 18.2. The molecule has 17 nitrogen and oxygen atoms in total. The number of amides is 5. The Morgan fingerprint density at radius 3 is 2.41 bits per heavy atom. The van der Waals surface area contributed by atoms with Crippen LogP contribution in [0.25, 0.3) is 22.3 Å². The summed E-state index contributed by atoms with van der Waals surface area (Å²) in [6, 6.07) is 6.55. The summed E-state index contributed by atoms with van der Waals surface area (Å²) in [7, 11) is 0. The minimum absolute atomic E-state index is 0.00566. The van der Waals surface area contributed by atoms with E-state index in [-0.39, 0.29) is 74.5 Å². The van der Waals surface area contributed by atoms with Crippen molar-refractivity contribution in [3.05, 3.63) is 61.8 Å². The topological polar surface area (TPSA) is 239 Å². The number of nitrogens with zero attached hydrogens (tertiary/aromatic N) is 2. The van der Waals surface area contributed by atoms with Crippen molar-refractivity contribution in [3.8, 4) is 11.4 Å². The number of carbonyl (C=O) groups is 6. The van der Waals surface area contributed by atoms with Gasteiger partial charge in [0.05, 0.1) is 35.4 Å². The number of benzene rings is 1. The lowest BCUT2D eigenvalue weighted by molar-refractivity contribution is -0.191. The summed E-state index contributed by atoms with van der Waals surface area (Å²) in [5, 5.41) is 11.7. The lowest BCUT2D eigenvalue weighted by atomic mass is 9.71. The van der Waals surface area contributed by atoms with Crippen LogP contribution < -0.4 is 32.6 Å². The highest BCUT2D eigenvalue weighted by atomic mass is 79.9. The van der Waals surface area contributed by atoms with Crippen molar-refractivity contribution >= 4 is 62.7 Å². The number of pyridine rings is 2. The van der Waals surface area contributed by atoms with Crippen molar-refractivity contribution in [1.29, 1.82) is 0 Å². The molecule has 340 valence electrons. The first-order valence-corrected chi connectivity index (χ1v) is 22.4. The van der Waals surface area contributed by atoms with Crippen molar-refractivity contribution in [2.24, 2.45) is 17.1 Å². The van der Waals surface area contributed by atoms with E-state index in [1.54, 1.807) is 52.2 Å². The molecule has 0 bridgehead atoms. The van der Waals surface area contributed by atoms with E-state index in [9.17, 15) is 33.6 Å². The van der Waals surface area contributed by atoms with Gasteiger partial charge >= 0.3 is 24.1 Å². The Morgan fingerprint density at radius 1 is 1.02 bits per heavy atom. The van der Waals surface area contributed by atoms with Crippen LogP contribution in [0.4, 0.5) is 9.59 Å². The number of cyclic esters (lactones) is 1. The van der Waals surface area contributed by atoms with E-state index in [1.807, 2.05) is 24.3 Å². The fraction of sp³-hybridized carbons (Fsp3) is 0.556. The third-order valence-electron chi connectivity index (χ3n) is 12.0. The number of hydrogen-bond acceptors (Lipinski definition) is 11. The maximum atomic E-state index is 14.3. The van der Waals surface area contributed by atoms with Crippen LogP contribution in [0, 0.1) is 11.3 Å². The molecule has 5 amide bonds. The van der Waals surface area contributed by atoms with E-state index < -0.39 is 64.6 Å². The molecule has 0 radical (unpaired) electrons. The minimum Gasteiger partial charge on any atom is -0.457 e. The number of hydrogen-bond donors (Lipinski definition) is 5. The Morgan fingerprint density at radius 2 is 1.75 bits per heavy atom. The van der Waals surface area contributed by atoms with Gasteiger partial charge in [-0.2, -0.15) is 0 Å². The molecule has 3 aromatic rings. The van der Waals surface area contributed by atoms with Crippen molar-refractivity contribution < 1.29 is 43.0 Å². The van der Waals surface area contributed by atoms with Crippen LogP contribution in [0.5, 0.6) is 0 Å². The van der Waals surface area contributed by atoms with Crippen LogP contribution in [0.3, 0.4) is 0 Å². The summed E-state index contributed by atoms with van der Waals surface area (Å²) in [4.78, 5) is 98.8. The molecule has 1 saturated carbocycles. The number of aromatic nitrogens is 2. The van der Waals surface area contributed by atoms with Crippen LogP contribution in [-0.4, -0.2) is 76.2 Å². The summed E-state index contributed by atoms with van der Waals surface area (Å²) in [6.07, 6.45) is 3.06. The molecule has 1 fully saturated rings. The summed E-state index contributed by atoms with van der Waals surface area (Å²) in [5.74, 6) is -2.98. The van der Waals surface area contributed by atoms with Crippen LogP contribution in [0.15, 0.2) is 39.6 Å². The number of halogens is 1. The van der Waals surface area contributed by atoms with Crippen molar-refractivity contribution in [1.82, 2.24) is 30.8 Å². The van der Waals surface area contributed by atoms with E-state index >= 15 is 0 Å². The summed E-state index contributed by atoms with van der Waals surface area (Å²) in [5.41, 5.74) is 4.57. The van der Waals surface area contributed by atoms with Gasteiger partial charge in [0.2, 0.25) is 17.4 Å². The number of ether oxygens (including phenoxy) is 3. The van der Waals surface area contributed by atoms with E-state index in [2.05, 4.69) is 37.2 Å². The maximum absolute atomic E-state index is 14.3. The number of primary amides is 1. The molecule has 4 heterocycles. The van der Waals surface area contributed by atoms with Crippen LogP contribution >= 0.6 is 15.9 Å². The zero-order valence-electron chi connectivity index (χ0n) is 36.7. The first-order valence-electron chi connectivity index (χ1n) is 21.6. The molecule has 3 aliphatic rings. The molecule has 2 aromatic heterocycles. The predicted molar refractivity (Wildman–Crippen MR) is 236 cm³/mol. The summed E-state index contributed by atoms with van der Waals surface area (Å²) in [6.45, 7) is 10.5. The van der Waals surface area contributed by atoms with E-state index in [4.69, 9.17) is 24.9 Å². The van der Waals surface area contributed by atoms with Gasteiger partial charge in [-0.3, -0.25) is 19.2 Å². The van der Waals surface area contributed by atoms with Crippen molar-refractivity contribution in [2.75, 3.05) is 13.1 Å². The van der Waals surface area contributed by atoms with Crippen LogP contribution in [0.1, 0.15) is 116 Å². The van der Waals surface area contributed by atoms with E-state index in [0.717, 1.165) is 40.2 Å². The van der Waals surface area contributed by atoms with Gasteiger partial charge in [-0.1, -0.05) is 62.0 Å². The first-order chi connectivity index (χ1) is 29.8. The van der Waals surface area contributed by atoms with Gasteiger partial charge < -0.3 is 45.8 Å². The number of urea groups is 1. The third-order valence-corrected chi connectivity index (χ3v) is 12.7. The average Bonchev–Trinajstić information content (AvgIpc) is 3.58. The highest BCUT2D eigenvalue weighted by Gasteiger charge is 2.51. The number of rotatable bonds is 15. The highest BCUT2D eigenvalue weighted by molar-refractivity contribution is 9.10. The number of carbonyl (C=O) groups excluding carboxylic acids is 6. The SMILES string of the molecule is CC[C@@]1(OC(=O)CC2(CNC(=O)[C@H](CCCNC(N)=O)NC(=O)[C@@H](NC(=O)OC(C)(C)C)C(C)C)CCCCC2)C(=O)OCc2c1cc1n(c2=O)Cc2cc3c(Br)cccc3nc2-1. The molecule has 0 unspecified atom stereocenters. The molecule has 1 aromatic carbocycles. The Kier molecular flexibility index (Phi) is 14.2. The van der Waals surface area contributed by atoms with E-state index in [0.29, 0.717) is 24.2 Å². The Bertz CT molecular complexity index is 2350. The normalized spacial score (nSPS) is 18.5. The number of fused-ring (bicyclic) bond motifs is 5. The number of nitrogens with two attached hydrogens (primary N) is 1. The molecular formula is C45H58BrN7O10. The Hall–Kier alpha value is -5.52. The molecule has 6 N–H and O–H groups in total. The minimum atomic E-state index is -1.91. The lowest BCUT2D eigenvalue weighted by Gasteiger charge is -2.39. The third kappa shape index (κ3) is 10.5. The Labute approximate surface area is 374 Å². The first kappa shape index (κ1) is 47.0. The van der Waals surface area contributed by atoms with Gasteiger partial charge in [0.15, 0.2) is 0 Å². The molecule has 6 rings (SSSR count). The fourth-order valence-corrected chi connectivity index (χ4v) is 9.26. The standard InChI is InChI=1S/C45H58BrN7O10/c1-7-45(29-20-33-36-26(19-27-30(46)13-11-14-31(27)50-36)22-53(33)39(57)28(29)23-61-40(45)58)62-34(54)21-44(16-9-8-10-17-44)24-49-37(55)32(15-12-18-48-41(47)59)51-38(56)35(25(2)3)52-42(60)63-43(4,5)6/h11,13-14,19-20,25,32,35H,7-10,12,15-18,21-24H2,1-6H3,(H,49,55)(H,51,56)(H,52,60)(H3,47,48,59)/t32-,35-,45-/m0/s1. The zero-order valence-corrected chi connectivity index (χ0v) is 38.3. The Balaban J connectivity index is 1.22. The van der Waals surface area contributed by atoms with Gasteiger partial charge in [-0.15, -0.1) is 0 Å². The maximum Gasteiger partial charge on any atom is 0.408 e. The molecular weight excluding hydrogens is 878 g/mol. The molecule has 0 saturated heterocycles. The van der Waals surface area contributed by atoms with Crippen LogP contribution in [-0.2, 0) is 52.1 Å². The lowest BCUT2D eigenvalue weighted by Crippen LogP contribution is -2.56. The number of alkyl carbamates (subject to hydrolysis) is 1. The average molecular weight is 937 g/mol. The molecule has 63 heavy (non-hydrogen) atoms. The quantitative estimate of drug-likeness (QED) is 0.0580. The monoisotopic (exact) mass is 935 g/mol. The number of nitrogens with one attached hydrogen (secondary N) is 4. The smallest absolute Gasteiger partial charge is 0.408 e.